The molecule has 22 heavy (non-hydrogen) atoms. The van der Waals surface area contributed by atoms with Crippen LogP contribution in [0.3, 0.4) is 0 Å². The molecule has 1 unspecified atom stereocenters. The quantitative estimate of drug-likeness (QED) is 0.895. The van der Waals surface area contributed by atoms with Gasteiger partial charge in [-0.1, -0.05) is 6.07 Å². The zero-order chi connectivity index (χ0) is 15.7. The first-order valence-corrected chi connectivity index (χ1v) is 7.62. The van der Waals surface area contributed by atoms with Crippen molar-refractivity contribution in [3.8, 4) is 5.75 Å². The molecular weight excluding hydrogens is 282 g/mol. The topological polar surface area (TPSA) is 70.0 Å². The van der Waals surface area contributed by atoms with E-state index in [1.54, 1.807) is 7.11 Å². The lowest BCUT2D eigenvalue weighted by molar-refractivity contribution is -0.133. The van der Waals surface area contributed by atoms with Crippen molar-refractivity contribution in [1.82, 2.24) is 4.90 Å². The van der Waals surface area contributed by atoms with Gasteiger partial charge in [-0.2, -0.15) is 0 Å². The molecule has 0 saturated heterocycles. The lowest BCUT2D eigenvalue weighted by Crippen LogP contribution is -2.44. The Kier molecular flexibility index (Phi) is 4.07. The van der Waals surface area contributed by atoms with E-state index in [2.05, 4.69) is 17.0 Å². The smallest absolute Gasteiger partial charge is 0.336 e. The molecule has 1 heterocycles. The van der Waals surface area contributed by atoms with Gasteiger partial charge in [0.15, 0.2) is 0 Å². The Balaban J connectivity index is 1.76. The number of hydrogen-bond acceptors (Lipinski definition) is 4. The summed E-state index contributed by atoms with van der Waals surface area (Å²) in [6.07, 6.45) is 3.34. The molecule has 3 rings (SSSR count). The van der Waals surface area contributed by atoms with Crippen LogP contribution in [0.1, 0.15) is 24.0 Å². The maximum Gasteiger partial charge on any atom is 0.336 e. The predicted octanol–water partition coefficient (Wildman–Crippen LogP) is 2.15. The molecule has 0 fully saturated rings. The van der Waals surface area contributed by atoms with E-state index >= 15 is 0 Å². The number of benzene rings is 1. The van der Waals surface area contributed by atoms with Gasteiger partial charge in [-0.25, -0.2) is 4.79 Å². The van der Waals surface area contributed by atoms with Crippen molar-refractivity contribution in [2.75, 3.05) is 20.2 Å². The highest BCUT2D eigenvalue weighted by atomic mass is 16.5. The second-order valence-corrected chi connectivity index (χ2v) is 5.98. The summed E-state index contributed by atoms with van der Waals surface area (Å²) >= 11 is 0. The number of fused-ring (bicyclic) bond motifs is 1. The fourth-order valence-corrected chi connectivity index (χ4v) is 3.43. The number of aliphatic hydroxyl groups excluding tert-OH is 1. The van der Waals surface area contributed by atoms with Crippen LogP contribution in [0, 0.1) is 0 Å². The minimum atomic E-state index is -1.01. The van der Waals surface area contributed by atoms with E-state index in [0.717, 1.165) is 25.0 Å². The van der Waals surface area contributed by atoms with E-state index < -0.39 is 5.97 Å². The molecule has 1 aliphatic heterocycles. The highest BCUT2D eigenvalue weighted by molar-refractivity contribution is 5.87. The van der Waals surface area contributed by atoms with Gasteiger partial charge in [0.05, 0.1) is 12.7 Å². The first-order chi connectivity index (χ1) is 10.6. The second-order valence-electron chi connectivity index (χ2n) is 5.98. The Morgan fingerprint density at radius 1 is 1.32 bits per heavy atom. The molecule has 0 saturated carbocycles. The Morgan fingerprint density at radius 2 is 2.14 bits per heavy atom. The number of aliphatic hydroxyl groups is 1. The van der Waals surface area contributed by atoms with Crippen LogP contribution in [0.5, 0.6) is 5.75 Å². The average Bonchev–Trinajstić information content (AvgIpc) is 2.54. The summed E-state index contributed by atoms with van der Waals surface area (Å²) in [6, 6.07) is 6.51. The van der Waals surface area contributed by atoms with Crippen LogP contribution in [0.4, 0.5) is 0 Å². The maximum absolute atomic E-state index is 11.2. The zero-order valence-corrected chi connectivity index (χ0v) is 12.7. The fraction of sp³-hybridized carbons (Fsp3) is 0.471. The van der Waals surface area contributed by atoms with Gasteiger partial charge in [-0.05, 0) is 42.5 Å². The molecule has 2 aliphatic rings. The van der Waals surface area contributed by atoms with Crippen molar-refractivity contribution in [1.29, 1.82) is 0 Å². The number of nitrogens with zero attached hydrogens (tertiary/aromatic N) is 1. The third kappa shape index (κ3) is 2.81. The first kappa shape index (κ1) is 14.9. The summed E-state index contributed by atoms with van der Waals surface area (Å²) in [4.78, 5) is 13.4. The third-order valence-electron chi connectivity index (χ3n) is 4.74. The molecular formula is C17H21NO4. The van der Waals surface area contributed by atoms with Gasteiger partial charge in [0.2, 0.25) is 0 Å². The van der Waals surface area contributed by atoms with Crippen molar-refractivity contribution in [3.63, 3.8) is 0 Å². The Labute approximate surface area is 129 Å². The van der Waals surface area contributed by atoms with Crippen molar-refractivity contribution in [2.45, 2.75) is 31.7 Å². The number of carbonyl (C=O) groups is 1. The van der Waals surface area contributed by atoms with Gasteiger partial charge in [0, 0.05) is 25.6 Å². The lowest BCUT2D eigenvalue weighted by Gasteiger charge is -2.37. The van der Waals surface area contributed by atoms with E-state index in [1.807, 2.05) is 6.07 Å². The van der Waals surface area contributed by atoms with Crippen LogP contribution in [0.25, 0.3) is 0 Å². The van der Waals surface area contributed by atoms with E-state index in [1.165, 1.54) is 11.1 Å². The number of methoxy groups -OCH3 is 1. The van der Waals surface area contributed by atoms with Crippen molar-refractivity contribution >= 4 is 5.97 Å². The molecule has 0 bridgehead atoms. The molecule has 118 valence electrons. The van der Waals surface area contributed by atoms with Crippen molar-refractivity contribution < 1.29 is 19.7 Å². The Hall–Kier alpha value is -2.01. The summed E-state index contributed by atoms with van der Waals surface area (Å²) in [7, 11) is 1.67. The summed E-state index contributed by atoms with van der Waals surface area (Å²) < 4.78 is 5.29. The Morgan fingerprint density at radius 3 is 2.86 bits per heavy atom. The summed E-state index contributed by atoms with van der Waals surface area (Å²) in [6.45, 7) is 1.04. The number of aryl methyl sites for hydroxylation is 1. The number of aliphatic carboxylic acids is 1. The Bertz CT molecular complexity index is 623. The SMILES string of the molecule is COc1ccc2c(c1)CC(N1CCC(O)=C(C(=O)O)C1)CC2. The van der Waals surface area contributed by atoms with Gasteiger partial charge >= 0.3 is 5.97 Å². The molecule has 2 N–H and O–H groups in total. The standard InChI is InChI=1S/C17H21NO4/c1-22-14-5-3-11-2-4-13(8-12(11)9-14)18-7-6-16(19)15(10-18)17(20)21/h3,5,9,13,19H,2,4,6-8,10H2,1H3,(H,20,21). The summed E-state index contributed by atoms with van der Waals surface area (Å²) in [5, 5.41) is 18.9. The summed E-state index contributed by atoms with van der Waals surface area (Å²) in [5.41, 5.74) is 2.78. The summed E-state index contributed by atoms with van der Waals surface area (Å²) in [5.74, 6) is -0.122. The van der Waals surface area contributed by atoms with Gasteiger partial charge in [-0.15, -0.1) is 0 Å². The number of hydrogen-bond donors (Lipinski definition) is 2. The normalized spacial score (nSPS) is 22.3. The molecule has 1 aromatic rings. The zero-order valence-electron chi connectivity index (χ0n) is 12.7. The minimum Gasteiger partial charge on any atom is -0.512 e. The molecule has 0 amide bonds. The molecule has 1 atom stereocenters. The van der Waals surface area contributed by atoms with Gasteiger partial charge in [0.25, 0.3) is 0 Å². The van der Waals surface area contributed by atoms with E-state index in [-0.39, 0.29) is 11.3 Å². The van der Waals surface area contributed by atoms with Crippen molar-refractivity contribution in [2.24, 2.45) is 0 Å². The lowest BCUT2D eigenvalue weighted by atomic mass is 9.86. The molecule has 1 aliphatic carbocycles. The van der Waals surface area contributed by atoms with Crippen LogP contribution in [-0.2, 0) is 17.6 Å². The van der Waals surface area contributed by atoms with E-state index in [9.17, 15) is 15.0 Å². The first-order valence-electron chi connectivity index (χ1n) is 7.62. The largest absolute Gasteiger partial charge is 0.512 e. The van der Waals surface area contributed by atoms with Crippen molar-refractivity contribution in [3.05, 3.63) is 40.7 Å². The third-order valence-corrected chi connectivity index (χ3v) is 4.74. The van der Waals surface area contributed by atoms with Gasteiger partial charge in [-0.3, -0.25) is 4.90 Å². The van der Waals surface area contributed by atoms with Gasteiger partial charge in [0.1, 0.15) is 11.5 Å². The van der Waals surface area contributed by atoms with Crippen LogP contribution >= 0.6 is 0 Å². The monoisotopic (exact) mass is 303 g/mol. The van der Waals surface area contributed by atoms with E-state index in [4.69, 9.17) is 4.74 Å². The number of ether oxygens (including phenoxy) is 1. The van der Waals surface area contributed by atoms with Crippen LogP contribution in [-0.4, -0.2) is 47.3 Å². The molecule has 5 nitrogen and oxygen atoms in total. The minimum absolute atomic E-state index is 0.0293. The van der Waals surface area contributed by atoms with Crippen LogP contribution in [0.15, 0.2) is 29.5 Å². The highest BCUT2D eigenvalue weighted by Crippen LogP contribution is 2.30. The molecule has 0 radical (unpaired) electrons. The van der Waals surface area contributed by atoms with E-state index in [0.29, 0.717) is 25.6 Å². The number of rotatable bonds is 3. The number of carboxylic acids is 1. The second kappa shape index (κ2) is 6.01. The molecule has 0 aromatic heterocycles. The molecule has 5 heteroatoms. The highest BCUT2D eigenvalue weighted by Gasteiger charge is 2.30. The van der Waals surface area contributed by atoms with Crippen LogP contribution < -0.4 is 4.74 Å². The molecule has 0 spiro atoms. The fourth-order valence-electron chi connectivity index (χ4n) is 3.43. The van der Waals surface area contributed by atoms with Crippen LogP contribution in [0.2, 0.25) is 0 Å². The number of carboxylic acid groups (broad SMARTS) is 1. The maximum atomic E-state index is 11.2. The van der Waals surface area contributed by atoms with Gasteiger partial charge < -0.3 is 14.9 Å². The average molecular weight is 303 g/mol. The molecule has 1 aromatic carbocycles. The predicted molar refractivity (Wildman–Crippen MR) is 82.3 cm³/mol.